The molecule has 1 aromatic rings. The molecule has 0 saturated carbocycles. The second-order valence-electron chi connectivity index (χ2n) is 4.57. The summed E-state index contributed by atoms with van der Waals surface area (Å²) in [5, 5.41) is 1.60. The molecular weight excluding hydrogens is 271 g/mol. The molecule has 0 aliphatic carbocycles. The number of hydrazine groups is 1. The van der Waals surface area contributed by atoms with Gasteiger partial charge in [-0.1, -0.05) is 0 Å². The quantitative estimate of drug-likeness (QED) is 0.756. The lowest BCUT2D eigenvalue weighted by molar-refractivity contribution is 0.135. The fourth-order valence-electron chi connectivity index (χ4n) is 1.86. The standard InChI is InChI=1S/C11H17FN4O2S/c1-15-4-6-16(7-5-15)14-19(17,18)11-8-9(12)2-3-10(11)13/h2-3,8,14H,4-7,13H2,1H3. The Morgan fingerprint density at radius 3 is 2.53 bits per heavy atom. The van der Waals surface area contributed by atoms with Crippen molar-refractivity contribution in [2.45, 2.75) is 4.90 Å². The van der Waals surface area contributed by atoms with Crippen molar-refractivity contribution in [2.75, 3.05) is 39.0 Å². The molecule has 1 fully saturated rings. The summed E-state index contributed by atoms with van der Waals surface area (Å²) in [4.78, 5) is 4.30. The van der Waals surface area contributed by atoms with Gasteiger partial charge in [-0.2, -0.15) is 0 Å². The number of halogens is 1. The van der Waals surface area contributed by atoms with Gasteiger partial charge in [0.05, 0.1) is 5.69 Å². The summed E-state index contributed by atoms with van der Waals surface area (Å²) in [7, 11) is -1.87. The SMILES string of the molecule is CN1CCN(NS(=O)(=O)c2cc(F)ccc2N)CC1. The topological polar surface area (TPSA) is 78.7 Å². The van der Waals surface area contributed by atoms with E-state index in [2.05, 4.69) is 9.73 Å². The van der Waals surface area contributed by atoms with Crippen LogP contribution in [0.15, 0.2) is 23.1 Å². The van der Waals surface area contributed by atoms with E-state index in [0.29, 0.717) is 13.1 Å². The van der Waals surface area contributed by atoms with Crippen LogP contribution in [0.3, 0.4) is 0 Å². The molecule has 8 heteroatoms. The van der Waals surface area contributed by atoms with E-state index in [9.17, 15) is 12.8 Å². The van der Waals surface area contributed by atoms with Gasteiger partial charge in [-0.25, -0.2) is 17.8 Å². The Morgan fingerprint density at radius 1 is 1.26 bits per heavy atom. The molecule has 19 heavy (non-hydrogen) atoms. The highest BCUT2D eigenvalue weighted by Gasteiger charge is 2.23. The maximum absolute atomic E-state index is 13.1. The smallest absolute Gasteiger partial charge is 0.255 e. The van der Waals surface area contributed by atoms with Crippen LogP contribution in [0.1, 0.15) is 0 Å². The van der Waals surface area contributed by atoms with Gasteiger partial charge in [-0.15, -0.1) is 4.83 Å². The van der Waals surface area contributed by atoms with Crippen molar-refractivity contribution < 1.29 is 12.8 Å². The van der Waals surface area contributed by atoms with E-state index in [-0.39, 0.29) is 10.6 Å². The molecule has 1 aliphatic rings. The minimum absolute atomic E-state index is 0.0306. The Kier molecular flexibility index (Phi) is 4.04. The van der Waals surface area contributed by atoms with Crippen LogP contribution in [0.5, 0.6) is 0 Å². The number of nitrogen functional groups attached to an aromatic ring is 1. The molecule has 0 aromatic heterocycles. The lowest BCUT2D eigenvalue weighted by Gasteiger charge is -2.32. The maximum atomic E-state index is 13.1. The van der Waals surface area contributed by atoms with Crippen LogP contribution in [-0.4, -0.2) is 51.6 Å². The highest BCUT2D eigenvalue weighted by atomic mass is 32.2. The Morgan fingerprint density at radius 2 is 1.89 bits per heavy atom. The maximum Gasteiger partial charge on any atom is 0.255 e. The van der Waals surface area contributed by atoms with E-state index in [1.165, 1.54) is 6.07 Å². The van der Waals surface area contributed by atoms with Gasteiger partial charge in [0.15, 0.2) is 0 Å². The highest BCUT2D eigenvalue weighted by molar-refractivity contribution is 7.89. The number of piperazine rings is 1. The second-order valence-corrected chi connectivity index (χ2v) is 6.20. The Hall–Kier alpha value is -1.22. The van der Waals surface area contributed by atoms with Gasteiger partial charge in [0, 0.05) is 26.2 Å². The van der Waals surface area contributed by atoms with Crippen molar-refractivity contribution in [1.29, 1.82) is 0 Å². The first-order valence-electron chi connectivity index (χ1n) is 5.89. The van der Waals surface area contributed by atoms with Crippen LogP contribution in [-0.2, 0) is 10.0 Å². The first-order valence-corrected chi connectivity index (χ1v) is 7.38. The fraction of sp³-hybridized carbons (Fsp3) is 0.455. The molecular formula is C11H17FN4O2S. The number of anilines is 1. The predicted octanol–water partition coefficient (Wildman–Crippen LogP) is -0.151. The van der Waals surface area contributed by atoms with Gasteiger partial charge in [0.25, 0.3) is 10.0 Å². The van der Waals surface area contributed by atoms with Crippen molar-refractivity contribution in [3.8, 4) is 0 Å². The minimum Gasteiger partial charge on any atom is -0.398 e. The zero-order chi connectivity index (χ0) is 14.0. The lowest BCUT2D eigenvalue weighted by atomic mass is 10.3. The molecule has 0 radical (unpaired) electrons. The molecule has 1 saturated heterocycles. The largest absolute Gasteiger partial charge is 0.398 e. The highest BCUT2D eigenvalue weighted by Crippen LogP contribution is 2.19. The third kappa shape index (κ3) is 3.41. The molecule has 0 atom stereocenters. The number of nitrogens with one attached hydrogen (secondary N) is 1. The first kappa shape index (κ1) is 14.2. The molecule has 3 N–H and O–H groups in total. The number of sulfonamides is 1. The molecule has 1 aromatic carbocycles. The van der Waals surface area contributed by atoms with Crippen molar-refractivity contribution in [2.24, 2.45) is 0 Å². The molecule has 1 heterocycles. The van der Waals surface area contributed by atoms with E-state index in [1.807, 2.05) is 7.05 Å². The first-order chi connectivity index (χ1) is 8.88. The molecule has 106 valence electrons. The number of likely N-dealkylation sites (N-methyl/N-ethyl adjacent to an activating group) is 1. The van der Waals surface area contributed by atoms with Gasteiger partial charge >= 0.3 is 0 Å². The number of nitrogens with zero attached hydrogens (tertiary/aromatic N) is 2. The molecule has 0 spiro atoms. The minimum atomic E-state index is -3.84. The van der Waals surface area contributed by atoms with E-state index >= 15 is 0 Å². The summed E-state index contributed by atoms with van der Waals surface area (Å²) in [6, 6.07) is 3.30. The second kappa shape index (κ2) is 5.41. The molecule has 1 aliphatic heterocycles. The summed E-state index contributed by atoms with van der Waals surface area (Å²) in [6.07, 6.45) is 0. The summed E-state index contributed by atoms with van der Waals surface area (Å²) in [5.74, 6) is -0.632. The Bertz CT molecular complexity index is 556. The zero-order valence-corrected chi connectivity index (χ0v) is 11.5. The predicted molar refractivity (Wildman–Crippen MR) is 70.2 cm³/mol. The Labute approximate surface area is 112 Å². The van der Waals surface area contributed by atoms with Crippen molar-refractivity contribution in [1.82, 2.24) is 14.7 Å². The van der Waals surface area contributed by atoms with Gasteiger partial charge in [0.1, 0.15) is 10.7 Å². The molecule has 0 bridgehead atoms. The van der Waals surface area contributed by atoms with E-state index in [4.69, 9.17) is 5.73 Å². The number of nitrogens with two attached hydrogens (primary N) is 1. The van der Waals surface area contributed by atoms with Crippen LogP contribution in [0.4, 0.5) is 10.1 Å². The third-order valence-corrected chi connectivity index (χ3v) is 4.45. The van der Waals surface area contributed by atoms with Crippen LogP contribution < -0.4 is 10.6 Å². The zero-order valence-electron chi connectivity index (χ0n) is 10.6. The van der Waals surface area contributed by atoms with Crippen LogP contribution in [0.2, 0.25) is 0 Å². The average molecular weight is 288 g/mol. The Balaban J connectivity index is 2.16. The fourth-order valence-corrected chi connectivity index (χ4v) is 3.12. The van der Waals surface area contributed by atoms with Gasteiger partial charge in [0.2, 0.25) is 0 Å². The lowest BCUT2D eigenvalue weighted by Crippen LogP contribution is -2.52. The molecule has 2 rings (SSSR count). The number of hydrogen-bond donors (Lipinski definition) is 2. The van der Waals surface area contributed by atoms with Gasteiger partial charge < -0.3 is 10.6 Å². The summed E-state index contributed by atoms with van der Waals surface area (Å²) >= 11 is 0. The number of rotatable bonds is 3. The van der Waals surface area contributed by atoms with Gasteiger partial charge in [-0.3, -0.25) is 0 Å². The van der Waals surface area contributed by atoms with Crippen molar-refractivity contribution in [3.05, 3.63) is 24.0 Å². The van der Waals surface area contributed by atoms with E-state index < -0.39 is 15.8 Å². The molecule has 0 amide bonds. The molecule has 6 nitrogen and oxygen atoms in total. The monoisotopic (exact) mass is 288 g/mol. The van der Waals surface area contributed by atoms with Crippen LogP contribution in [0.25, 0.3) is 0 Å². The summed E-state index contributed by atoms with van der Waals surface area (Å²) in [5.41, 5.74) is 5.62. The average Bonchev–Trinajstić information content (AvgIpc) is 2.35. The third-order valence-electron chi connectivity index (χ3n) is 3.02. The number of hydrogen-bond acceptors (Lipinski definition) is 5. The summed E-state index contributed by atoms with van der Waals surface area (Å²) in [6.45, 7) is 2.68. The van der Waals surface area contributed by atoms with E-state index in [1.54, 1.807) is 5.01 Å². The van der Waals surface area contributed by atoms with Gasteiger partial charge in [-0.05, 0) is 25.2 Å². The van der Waals surface area contributed by atoms with Crippen molar-refractivity contribution in [3.63, 3.8) is 0 Å². The normalized spacial score (nSPS) is 18.6. The van der Waals surface area contributed by atoms with Crippen LogP contribution >= 0.6 is 0 Å². The van der Waals surface area contributed by atoms with Crippen molar-refractivity contribution >= 4 is 15.7 Å². The van der Waals surface area contributed by atoms with E-state index in [0.717, 1.165) is 25.2 Å². The number of benzene rings is 1. The summed E-state index contributed by atoms with van der Waals surface area (Å²) < 4.78 is 37.4. The van der Waals surface area contributed by atoms with Crippen LogP contribution in [0, 0.1) is 5.82 Å². The molecule has 0 unspecified atom stereocenters.